The number of nitrogens with zero attached hydrogens (tertiary/aromatic N) is 1. The zero-order chi connectivity index (χ0) is 9.84. The Labute approximate surface area is 94.6 Å². The van der Waals surface area contributed by atoms with Crippen LogP contribution < -0.4 is 0 Å². The van der Waals surface area contributed by atoms with Crippen molar-refractivity contribution in [1.29, 1.82) is 0 Å². The van der Waals surface area contributed by atoms with E-state index in [0.29, 0.717) is 16.0 Å². The molecule has 13 heavy (non-hydrogen) atoms. The Morgan fingerprint density at radius 2 is 2.38 bits per heavy atom. The van der Waals surface area contributed by atoms with E-state index < -0.39 is 0 Å². The molecule has 0 saturated carbocycles. The van der Waals surface area contributed by atoms with Gasteiger partial charge in [-0.2, -0.15) is 11.8 Å². The molecule has 0 spiro atoms. The monoisotopic (exact) mass is 255 g/mol. The average Bonchev–Trinajstić information content (AvgIpc) is 2.41. The maximum Gasteiger partial charge on any atom is 0.185 e. The van der Waals surface area contributed by atoms with Crippen LogP contribution in [0.25, 0.3) is 0 Å². The maximum absolute atomic E-state index is 10.4. The Morgan fingerprint density at radius 1 is 1.69 bits per heavy atom. The number of hydrogen-bond donors (Lipinski definition) is 0. The van der Waals surface area contributed by atoms with Gasteiger partial charge in [-0.1, -0.05) is 23.2 Å². The van der Waals surface area contributed by atoms with Crippen LogP contribution in [-0.2, 0) is 4.79 Å². The van der Waals surface area contributed by atoms with E-state index in [2.05, 4.69) is 4.98 Å². The van der Waals surface area contributed by atoms with Crippen LogP contribution in [0, 0.1) is 0 Å². The zero-order valence-electron chi connectivity index (χ0n) is 6.79. The Hall–Kier alpha value is 0.230. The molecule has 1 unspecified atom stereocenters. The van der Waals surface area contributed by atoms with Crippen LogP contribution in [0.3, 0.4) is 0 Å². The molecule has 0 aliphatic heterocycles. The van der Waals surface area contributed by atoms with Crippen molar-refractivity contribution in [3.8, 4) is 0 Å². The lowest BCUT2D eigenvalue weighted by Gasteiger charge is -2.07. The molecule has 0 radical (unpaired) electrons. The summed E-state index contributed by atoms with van der Waals surface area (Å²) in [5.74, 6) is 0. The number of carbonyl (C=O) groups excluding carboxylic acids is 1. The Morgan fingerprint density at radius 3 is 2.77 bits per heavy atom. The number of carbonyl (C=O) groups is 1. The summed E-state index contributed by atoms with van der Waals surface area (Å²) in [6, 6.07) is 0. The van der Waals surface area contributed by atoms with Gasteiger partial charge < -0.3 is 4.79 Å². The molecule has 72 valence electrons. The van der Waals surface area contributed by atoms with Crippen molar-refractivity contribution in [1.82, 2.24) is 4.98 Å². The maximum atomic E-state index is 10.4. The van der Waals surface area contributed by atoms with Gasteiger partial charge in [0.1, 0.15) is 11.4 Å². The molecule has 1 rings (SSSR count). The van der Waals surface area contributed by atoms with Gasteiger partial charge in [0, 0.05) is 11.7 Å². The van der Waals surface area contributed by atoms with Crippen LogP contribution in [0.2, 0.25) is 9.62 Å². The molecule has 0 aromatic carbocycles. The quantitative estimate of drug-likeness (QED) is 0.773. The highest BCUT2D eigenvalue weighted by atomic mass is 35.5. The van der Waals surface area contributed by atoms with Crippen LogP contribution in [0.1, 0.15) is 16.5 Å². The molecule has 0 fully saturated rings. The predicted molar refractivity (Wildman–Crippen MR) is 59.1 cm³/mol. The number of hydrogen-bond acceptors (Lipinski definition) is 4. The fourth-order valence-corrected chi connectivity index (χ4v) is 3.41. The van der Waals surface area contributed by atoms with E-state index in [1.54, 1.807) is 11.8 Å². The van der Waals surface area contributed by atoms with Gasteiger partial charge in [0.05, 0.1) is 4.88 Å². The average molecular weight is 256 g/mol. The molecule has 1 aromatic heterocycles. The van der Waals surface area contributed by atoms with Gasteiger partial charge in [0.25, 0.3) is 0 Å². The summed E-state index contributed by atoms with van der Waals surface area (Å²) < 4.78 is 0.421. The summed E-state index contributed by atoms with van der Waals surface area (Å²) in [5.41, 5.74) is 0. The highest BCUT2D eigenvalue weighted by Gasteiger charge is 2.17. The molecular formula is C7H7Cl2NOS2. The number of aromatic nitrogens is 1. The molecule has 1 heterocycles. The molecule has 1 atom stereocenters. The summed E-state index contributed by atoms with van der Waals surface area (Å²) in [6.45, 7) is 0. The fourth-order valence-electron chi connectivity index (χ4n) is 0.884. The lowest BCUT2D eigenvalue weighted by Crippen LogP contribution is -1.91. The first-order valence-corrected chi connectivity index (χ1v) is 6.33. The van der Waals surface area contributed by atoms with Gasteiger partial charge in [0.15, 0.2) is 4.47 Å². The molecule has 6 heteroatoms. The first-order valence-electron chi connectivity index (χ1n) is 3.47. The summed E-state index contributed by atoms with van der Waals surface area (Å²) in [7, 11) is 0. The van der Waals surface area contributed by atoms with Crippen molar-refractivity contribution in [3.05, 3.63) is 14.5 Å². The third kappa shape index (κ3) is 2.84. The molecule has 1 aromatic rings. The second kappa shape index (κ2) is 5.20. The summed E-state index contributed by atoms with van der Waals surface area (Å²) >= 11 is 14.4. The van der Waals surface area contributed by atoms with Gasteiger partial charge in [0.2, 0.25) is 0 Å². The van der Waals surface area contributed by atoms with Crippen LogP contribution >= 0.6 is 46.3 Å². The first kappa shape index (κ1) is 11.3. The van der Waals surface area contributed by atoms with Crippen molar-refractivity contribution in [3.63, 3.8) is 0 Å². The van der Waals surface area contributed by atoms with E-state index in [1.165, 1.54) is 11.3 Å². The van der Waals surface area contributed by atoms with E-state index in [-0.39, 0.29) is 5.25 Å². The van der Waals surface area contributed by atoms with Crippen molar-refractivity contribution < 1.29 is 4.79 Å². The lowest BCUT2D eigenvalue weighted by atomic mass is 10.3. The standard InChI is InChI=1S/C7H7Cl2NOS2/c1-12-4(2-3-11)5-6(8)10-7(9)13-5/h3-4H,2H2,1H3. The van der Waals surface area contributed by atoms with Crippen LogP contribution in [0.5, 0.6) is 0 Å². The molecule has 2 nitrogen and oxygen atoms in total. The summed E-state index contributed by atoms with van der Waals surface area (Å²) in [5, 5.41) is 0.492. The lowest BCUT2D eigenvalue weighted by molar-refractivity contribution is -0.107. The van der Waals surface area contributed by atoms with Crippen molar-refractivity contribution in [2.45, 2.75) is 11.7 Å². The van der Waals surface area contributed by atoms with Crippen LogP contribution in [-0.4, -0.2) is 17.5 Å². The number of rotatable bonds is 4. The topological polar surface area (TPSA) is 30.0 Å². The van der Waals surface area contributed by atoms with Gasteiger partial charge >= 0.3 is 0 Å². The second-order valence-electron chi connectivity index (χ2n) is 2.25. The zero-order valence-corrected chi connectivity index (χ0v) is 9.93. The normalized spacial score (nSPS) is 12.8. The van der Waals surface area contributed by atoms with Gasteiger partial charge in [-0.15, -0.1) is 11.3 Å². The van der Waals surface area contributed by atoms with Crippen molar-refractivity contribution >= 4 is 52.6 Å². The van der Waals surface area contributed by atoms with Gasteiger partial charge in [-0.3, -0.25) is 0 Å². The van der Waals surface area contributed by atoms with Crippen LogP contribution in [0.15, 0.2) is 0 Å². The SMILES string of the molecule is CSC(CC=O)c1sc(Cl)nc1Cl. The van der Waals surface area contributed by atoms with Gasteiger partial charge in [-0.25, -0.2) is 4.98 Å². The van der Waals surface area contributed by atoms with E-state index in [0.717, 1.165) is 11.2 Å². The summed E-state index contributed by atoms with van der Waals surface area (Å²) in [6.07, 6.45) is 3.25. The largest absolute Gasteiger partial charge is 0.303 e. The third-order valence-electron chi connectivity index (χ3n) is 1.47. The highest BCUT2D eigenvalue weighted by Crippen LogP contribution is 2.39. The smallest absolute Gasteiger partial charge is 0.185 e. The molecule has 0 saturated heterocycles. The van der Waals surface area contributed by atoms with E-state index in [9.17, 15) is 4.79 Å². The minimum Gasteiger partial charge on any atom is -0.303 e. The Kier molecular flexibility index (Phi) is 4.52. The molecule has 0 aliphatic carbocycles. The van der Waals surface area contributed by atoms with E-state index in [1.807, 2.05) is 6.26 Å². The van der Waals surface area contributed by atoms with Gasteiger partial charge in [-0.05, 0) is 6.26 Å². The number of halogens is 2. The van der Waals surface area contributed by atoms with E-state index >= 15 is 0 Å². The molecule has 0 N–H and O–H groups in total. The molecule has 0 aliphatic rings. The molecule has 0 bridgehead atoms. The molecular weight excluding hydrogens is 249 g/mol. The van der Waals surface area contributed by atoms with Crippen molar-refractivity contribution in [2.75, 3.05) is 6.26 Å². The number of thioether (sulfide) groups is 1. The molecule has 0 amide bonds. The Balaban J connectivity index is 2.89. The number of aldehydes is 1. The second-order valence-corrected chi connectivity index (χ2v) is 5.26. The van der Waals surface area contributed by atoms with E-state index in [4.69, 9.17) is 23.2 Å². The highest BCUT2D eigenvalue weighted by molar-refractivity contribution is 7.99. The third-order valence-corrected chi connectivity index (χ3v) is 4.29. The minimum absolute atomic E-state index is 0.0787. The Bertz CT molecular complexity index is 303. The fraction of sp³-hybridized carbons (Fsp3) is 0.429. The predicted octanol–water partition coefficient (Wildman–Crippen LogP) is 3.44. The van der Waals surface area contributed by atoms with Crippen molar-refractivity contribution in [2.24, 2.45) is 0 Å². The first-order chi connectivity index (χ1) is 6.19. The number of thiazole rings is 1. The minimum atomic E-state index is 0.0787. The van der Waals surface area contributed by atoms with Crippen LogP contribution in [0.4, 0.5) is 0 Å². The summed E-state index contributed by atoms with van der Waals surface area (Å²) in [4.78, 5) is 15.1.